The van der Waals surface area contributed by atoms with Crippen molar-refractivity contribution in [3.05, 3.63) is 63.3 Å². The monoisotopic (exact) mass is 341 g/mol. The van der Waals surface area contributed by atoms with Gasteiger partial charge in [-0.05, 0) is 42.8 Å². The first kappa shape index (κ1) is 16.1. The largest absolute Gasteiger partial charge is 0.478 e. The summed E-state index contributed by atoms with van der Waals surface area (Å²) in [5.41, 5.74) is 0.680. The van der Waals surface area contributed by atoms with Crippen LogP contribution in [-0.2, 0) is 6.54 Å². The Hall–Kier alpha value is -2.80. The molecule has 2 heterocycles. The van der Waals surface area contributed by atoms with Crippen LogP contribution in [0.4, 0.5) is 5.69 Å². The summed E-state index contributed by atoms with van der Waals surface area (Å²) in [6.45, 7) is 2.56. The third kappa shape index (κ3) is 3.11. The summed E-state index contributed by atoms with van der Waals surface area (Å²) in [6, 6.07) is 9.74. The van der Waals surface area contributed by atoms with E-state index >= 15 is 0 Å². The SMILES string of the molecule is CCCn1c(=Nc2ccc(C(=O)O)cc2)sc2ncccc2c1=O. The van der Waals surface area contributed by atoms with E-state index in [9.17, 15) is 9.59 Å². The Morgan fingerprint density at radius 1 is 1.29 bits per heavy atom. The van der Waals surface area contributed by atoms with Gasteiger partial charge in [0.1, 0.15) is 4.83 Å². The molecule has 0 saturated carbocycles. The maximum absolute atomic E-state index is 12.7. The standard InChI is InChI=1S/C17H15N3O3S/c1-2-10-20-15(21)13-4-3-9-18-14(13)24-17(20)19-12-7-5-11(6-8-12)16(22)23/h3-9H,2,10H2,1H3,(H,22,23). The van der Waals surface area contributed by atoms with E-state index in [2.05, 4.69) is 9.98 Å². The molecule has 0 spiro atoms. The van der Waals surface area contributed by atoms with E-state index in [-0.39, 0.29) is 11.1 Å². The first-order valence-electron chi connectivity index (χ1n) is 7.47. The van der Waals surface area contributed by atoms with Crippen LogP contribution in [0.5, 0.6) is 0 Å². The summed E-state index contributed by atoms with van der Waals surface area (Å²) in [5.74, 6) is -0.984. The van der Waals surface area contributed by atoms with Crippen molar-refractivity contribution in [2.75, 3.05) is 0 Å². The Balaban J connectivity index is 2.21. The number of rotatable bonds is 4. The summed E-state index contributed by atoms with van der Waals surface area (Å²) in [5, 5.41) is 9.53. The van der Waals surface area contributed by atoms with E-state index in [4.69, 9.17) is 5.11 Å². The minimum atomic E-state index is -0.984. The fourth-order valence-corrected chi connectivity index (χ4v) is 3.29. The Labute approximate surface area is 141 Å². The number of nitrogens with zero attached hydrogens (tertiary/aromatic N) is 3. The molecule has 0 unspecified atom stereocenters. The molecular formula is C17H15N3O3S. The van der Waals surface area contributed by atoms with Crippen LogP contribution in [0, 0.1) is 0 Å². The van der Waals surface area contributed by atoms with Crippen molar-refractivity contribution in [2.24, 2.45) is 4.99 Å². The minimum absolute atomic E-state index is 0.111. The van der Waals surface area contributed by atoms with Gasteiger partial charge in [0.05, 0.1) is 16.6 Å². The molecular weight excluding hydrogens is 326 g/mol. The van der Waals surface area contributed by atoms with Gasteiger partial charge >= 0.3 is 5.97 Å². The number of carboxylic acids is 1. The summed E-state index contributed by atoms with van der Waals surface area (Å²) < 4.78 is 1.64. The van der Waals surface area contributed by atoms with Gasteiger partial charge in [-0.25, -0.2) is 14.8 Å². The molecule has 0 atom stereocenters. The first-order valence-corrected chi connectivity index (χ1v) is 8.28. The zero-order valence-corrected chi connectivity index (χ0v) is 13.8. The van der Waals surface area contributed by atoms with Crippen molar-refractivity contribution in [1.82, 2.24) is 9.55 Å². The van der Waals surface area contributed by atoms with Crippen LogP contribution in [0.3, 0.4) is 0 Å². The molecule has 2 aromatic heterocycles. The second-order valence-electron chi connectivity index (χ2n) is 5.16. The maximum Gasteiger partial charge on any atom is 0.335 e. The Kier molecular flexibility index (Phi) is 4.52. The van der Waals surface area contributed by atoms with Gasteiger partial charge in [0.2, 0.25) is 0 Å². The van der Waals surface area contributed by atoms with E-state index in [1.807, 2.05) is 6.92 Å². The maximum atomic E-state index is 12.7. The molecule has 0 aliphatic heterocycles. The molecule has 1 N–H and O–H groups in total. The Morgan fingerprint density at radius 2 is 2.04 bits per heavy atom. The lowest BCUT2D eigenvalue weighted by Crippen LogP contribution is -2.31. The minimum Gasteiger partial charge on any atom is -0.478 e. The highest BCUT2D eigenvalue weighted by atomic mass is 32.1. The van der Waals surface area contributed by atoms with Crippen molar-refractivity contribution in [1.29, 1.82) is 0 Å². The number of carbonyl (C=O) groups is 1. The number of fused-ring (bicyclic) bond motifs is 1. The zero-order chi connectivity index (χ0) is 17.1. The van der Waals surface area contributed by atoms with E-state index in [1.54, 1.807) is 35.0 Å². The summed E-state index contributed by atoms with van der Waals surface area (Å²) >= 11 is 1.34. The van der Waals surface area contributed by atoms with Crippen molar-refractivity contribution in [3.8, 4) is 0 Å². The number of hydrogen-bond donors (Lipinski definition) is 1. The van der Waals surface area contributed by atoms with E-state index < -0.39 is 5.97 Å². The molecule has 0 radical (unpaired) electrons. The molecule has 24 heavy (non-hydrogen) atoms. The molecule has 6 nitrogen and oxygen atoms in total. The van der Waals surface area contributed by atoms with Gasteiger partial charge in [0.25, 0.3) is 5.56 Å². The van der Waals surface area contributed by atoms with Crippen LogP contribution < -0.4 is 10.4 Å². The molecule has 1 aromatic carbocycles. The Bertz CT molecular complexity index is 1020. The molecule has 0 bridgehead atoms. The fourth-order valence-electron chi connectivity index (χ4n) is 2.30. The molecule has 0 aliphatic carbocycles. The van der Waals surface area contributed by atoms with Crippen LogP contribution in [0.15, 0.2) is 52.4 Å². The number of aromatic carboxylic acids is 1. The highest BCUT2D eigenvalue weighted by Crippen LogP contribution is 2.14. The third-order valence-corrected chi connectivity index (χ3v) is 4.46. The second-order valence-corrected chi connectivity index (χ2v) is 6.12. The summed E-state index contributed by atoms with van der Waals surface area (Å²) in [4.78, 5) is 33.5. The van der Waals surface area contributed by atoms with Crippen LogP contribution >= 0.6 is 11.3 Å². The lowest BCUT2D eigenvalue weighted by Gasteiger charge is -2.06. The lowest BCUT2D eigenvalue weighted by molar-refractivity contribution is 0.0697. The normalized spacial score (nSPS) is 11.8. The third-order valence-electron chi connectivity index (χ3n) is 3.45. The number of pyridine rings is 1. The Morgan fingerprint density at radius 3 is 2.71 bits per heavy atom. The molecule has 3 aromatic rings. The van der Waals surface area contributed by atoms with Gasteiger partial charge in [-0.2, -0.15) is 0 Å². The predicted octanol–water partition coefficient (Wildman–Crippen LogP) is 2.80. The zero-order valence-electron chi connectivity index (χ0n) is 13.0. The molecule has 122 valence electrons. The number of hydrogen-bond acceptors (Lipinski definition) is 5. The molecule has 0 fully saturated rings. The van der Waals surface area contributed by atoms with Gasteiger partial charge in [-0.1, -0.05) is 18.3 Å². The first-order chi connectivity index (χ1) is 11.6. The average molecular weight is 341 g/mol. The molecule has 7 heteroatoms. The second kappa shape index (κ2) is 6.76. The van der Waals surface area contributed by atoms with Gasteiger partial charge in [-0.3, -0.25) is 9.36 Å². The molecule has 0 aliphatic rings. The smallest absolute Gasteiger partial charge is 0.335 e. The quantitative estimate of drug-likeness (QED) is 0.791. The number of aromatic nitrogens is 2. The van der Waals surface area contributed by atoms with Crippen molar-refractivity contribution in [2.45, 2.75) is 19.9 Å². The van der Waals surface area contributed by atoms with Crippen LogP contribution in [0.25, 0.3) is 10.2 Å². The number of benzene rings is 1. The van der Waals surface area contributed by atoms with Crippen LogP contribution in [0.1, 0.15) is 23.7 Å². The van der Waals surface area contributed by atoms with Crippen LogP contribution in [0.2, 0.25) is 0 Å². The topological polar surface area (TPSA) is 84.6 Å². The summed E-state index contributed by atoms with van der Waals surface area (Å²) in [6.07, 6.45) is 2.45. The number of carboxylic acid groups (broad SMARTS) is 1. The highest BCUT2D eigenvalue weighted by molar-refractivity contribution is 7.15. The van der Waals surface area contributed by atoms with E-state index in [1.165, 1.54) is 23.5 Å². The highest BCUT2D eigenvalue weighted by Gasteiger charge is 2.07. The van der Waals surface area contributed by atoms with Gasteiger partial charge in [-0.15, -0.1) is 0 Å². The van der Waals surface area contributed by atoms with E-state index in [0.29, 0.717) is 27.3 Å². The van der Waals surface area contributed by atoms with Gasteiger partial charge in [0, 0.05) is 12.7 Å². The fraction of sp³-hybridized carbons (Fsp3) is 0.176. The molecule has 0 saturated heterocycles. The lowest BCUT2D eigenvalue weighted by atomic mass is 10.2. The van der Waals surface area contributed by atoms with Crippen molar-refractivity contribution < 1.29 is 9.90 Å². The predicted molar refractivity (Wildman–Crippen MR) is 92.8 cm³/mol. The van der Waals surface area contributed by atoms with E-state index in [0.717, 1.165) is 6.42 Å². The molecule has 0 amide bonds. The van der Waals surface area contributed by atoms with Crippen LogP contribution in [-0.4, -0.2) is 20.6 Å². The van der Waals surface area contributed by atoms with Crippen molar-refractivity contribution >= 4 is 33.2 Å². The van der Waals surface area contributed by atoms with Gasteiger partial charge in [0.15, 0.2) is 4.80 Å². The summed E-state index contributed by atoms with van der Waals surface area (Å²) in [7, 11) is 0. The molecule has 3 rings (SSSR count). The van der Waals surface area contributed by atoms with Crippen molar-refractivity contribution in [3.63, 3.8) is 0 Å². The van der Waals surface area contributed by atoms with Gasteiger partial charge < -0.3 is 5.11 Å². The average Bonchev–Trinajstić information content (AvgIpc) is 2.59.